The molecule has 1 aliphatic rings. The number of anilines is 1. The van der Waals surface area contributed by atoms with Crippen LogP contribution in [-0.4, -0.2) is 35.9 Å². The lowest BCUT2D eigenvalue weighted by Gasteiger charge is -2.23. The lowest BCUT2D eigenvalue weighted by molar-refractivity contribution is -0.119. The predicted molar refractivity (Wildman–Crippen MR) is 127 cm³/mol. The van der Waals surface area contributed by atoms with Gasteiger partial charge in [0, 0.05) is 17.9 Å². The third kappa shape index (κ3) is 5.64. The van der Waals surface area contributed by atoms with Crippen molar-refractivity contribution in [2.45, 2.75) is 50.5 Å². The number of rotatable bonds is 8. The van der Waals surface area contributed by atoms with Crippen LogP contribution >= 0.6 is 23.1 Å². The fourth-order valence-electron chi connectivity index (χ4n) is 3.64. The van der Waals surface area contributed by atoms with E-state index in [1.807, 2.05) is 4.90 Å². The fraction of sp³-hybridized carbons (Fsp3) is 0.417. The third-order valence-electron chi connectivity index (χ3n) is 5.55. The summed E-state index contributed by atoms with van der Waals surface area (Å²) in [6.07, 6.45) is 3.31. The molecule has 1 amide bonds. The van der Waals surface area contributed by atoms with Crippen molar-refractivity contribution < 1.29 is 13.9 Å². The molecule has 1 saturated heterocycles. The van der Waals surface area contributed by atoms with E-state index in [2.05, 4.69) is 26.0 Å². The van der Waals surface area contributed by atoms with Crippen LogP contribution < -0.4 is 4.90 Å². The second kappa shape index (κ2) is 10.1. The Morgan fingerprint density at radius 1 is 1.26 bits per heavy atom. The van der Waals surface area contributed by atoms with E-state index >= 15 is 0 Å². The molecule has 4 rings (SSSR count). The van der Waals surface area contributed by atoms with Crippen molar-refractivity contribution in [2.75, 3.05) is 23.8 Å². The van der Waals surface area contributed by atoms with Crippen LogP contribution in [0.3, 0.4) is 0 Å². The molecule has 0 saturated carbocycles. The number of hydrogen-bond donors (Lipinski definition) is 0. The summed E-state index contributed by atoms with van der Waals surface area (Å²) in [5.74, 6) is 0.664. The SMILES string of the molecule is Cc1cc2nc(N(CC3CCCO3)C(=O)CCCSc3ccc(F)cc3)sc2cc1C. The summed E-state index contributed by atoms with van der Waals surface area (Å²) < 4.78 is 20.0. The van der Waals surface area contributed by atoms with E-state index in [0.717, 1.165) is 51.9 Å². The van der Waals surface area contributed by atoms with Crippen molar-refractivity contribution in [1.82, 2.24) is 4.98 Å². The van der Waals surface area contributed by atoms with E-state index in [-0.39, 0.29) is 17.8 Å². The van der Waals surface area contributed by atoms with E-state index in [1.54, 1.807) is 35.2 Å². The molecule has 0 radical (unpaired) electrons. The Balaban J connectivity index is 1.43. The number of thioether (sulfide) groups is 1. The van der Waals surface area contributed by atoms with Crippen LogP contribution in [0.5, 0.6) is 0 Å². The number of thiazole rings is 1. The molecule has 0 N–H and O–H groups in total. The lowest BCUT2D eigenvalue weighted by atomic mass is 10.1. The Hall–Kier alpha value is -1.96. The number of hydrogen-bond acceptors (Lipinski definition) is 5. The smallest absolute Gasteiger partial charge is 0.228 e. The third-order valence-corrected chi connectivity index (χ3v) is 7.69. The summed E-state index contributed by atoms with van der Waals surface area (Å²) in [6.45, 7) is 5.51. The van der Waals surface area contributed by atoms with Crippen molar-refractivity contribution in [3.63, 3.8) is 0 Å². The van der Waals surface area contributed by atoms with Gasteiger partial charge in [-0.2, -0.15) is 0 Å². The highest BCUT2D eigenvalue weighted by molar-refractivity contribution is 7.99. The Kier molecular flexibility index (Phi) is 7.25. The lowest BCUT2D eigenvalue weighted by Crippen LogP contribution is -2.37. The van der Waals surface area contributed by atoms with Gasteiger partial charge in [0.1, 0.15) is 5.82 Å². The van der Waals surface area contributed by atoms with Gasteiger partial charge in [0.05, 0.1) is 22.9 Å². The highest BCUT2D eigenvalue weighted by Gasteiger charge is 2.26. The molecule has 1 fully saturated rings. The second-order valence-electron chi connectivity index (χ2n) is 7.95. The van der Waals surface area contributed by atoms with E-state index < -0.39 is 0 Å². The van der Waals surface area contributed by atoms with Crippen molar-refractivity contribution in [2.24, 2.45) is 0 Å². The van der Waals surface area contributed by atoms with Gasteiger partial charge < -0.3 is 4.74 Å². The minimum Gasteiger partial charge on any atom is -0.376 e. The first-order chi connectivity index (χ1) is 15.0. The summed E-state index contributed by atoms with van der Waals surface area (Å²) in [5.41, 5.74) is 3.39. The van der Waals surface area contributed by atoms with Gasteiger partial charge in [-0.05, 0) is 86.4 Å². The molecular formula is C24H27FN2O2S2. The molecule has 164 valence electrons. The first kappa shape index (κ1) is 22.2. The van der Waals surface area contributed by atoms with Gasteiger partial charge >= 0.3 is 0 Å². The monoisotopic (exact) mass is 458 g/mol. The zero-order chi connectivity index (χ0) is 21.8. The van der Waals surface area contributed by atoms with Gasteiger partial charge in [0.15, 0.2) is 5.13 Å². The normalized spacial score (nSPS) is 16.2. The molecule has 0 aliphatic carbocycles. The molecule has 0 spiro atoms. The maximum atomic E-state index is 13.2. The van der Waals surface area contributed by atoms with E-state index in [4.69, 9.17) is 9.72 Å². The fourth-order valence-corrected chi connectivity index (χ4v) is 5.57. The van der Waals surface area contributed by atoms with Crippen LogP contribution in [-0.2, 0) is 9.53 Å². The summed E-state index contributed by atoms with van der Waals surface area (Å²) in [4.78, 5) is 20.8. The van der Waals surface area contributed by atoms with E-state index in [0.29, 0.717) is 13.0 Å². The Labute approximate surface area is 190 Å². The standard InChI is InChI=1S/C24H27FN2O2S2/c1-16-13-21-22(14-17(16)2)31-24(26-21)27(15-19-5-3-11-29-19)23(28)6-4-12-30-20-9-7-18(25)8-10-20/h7-10,13-14,19H,3-6,11-12,15H2,1-2H3. The van der Waals surface area contributed by atoms with Gasteiger partial charge in [-0.3, -0.25) is 9.69 Å². The molecule has 1 atom stereocenters. The minimum atomic E-state index is -0.231. The maximum absolute atomic E-state index is 13.2. The van der Waals surface area contributed by atoms with Gasteiger partial charge in [0.25, 0.3) is 0 Å². The summed E-state index contributed by atoms with van der Waals surface area (Å²) >= 11 is 3.22. The van der Waals surface area contributed by atoms with Crippen molar-refractivity contribution in [1.29, 1.82) is 0 Å². The number of aromatic nitrogens is 1. The number of halogens is 1. The number of fused-ring (bicyclic) bond motifs is 1. The summed E-state index contributed by atoms with van der Waals surface area (Å²) in [5, 5.41) is 0.756. The highest BCUT2D eigenvalue weighted by Crippen LogP contribution is 2.32. The number of ether oxygens (including phenoxy) is 1. The molecule has 1 unspecified atom stereocenters. The van der Waals surface area contributed by atoms with Crippen LogP contribution in [0.4, 0.5) is 9.52 Å². The van der Waals surface area contributed by atoms with Crippen molar-refractivity contribution in [3.8, 4) is 0 Å². The number of carbonyl (C=O) groups is 1. The topological polar surface area (TPSA) is 42.4 Å². The zero-order valence-electron chi connectivity index (χ0n) is 17.9. The van der Waals surface area contributed by atoms with E-state index in [1.165, 1.54) is 23.3 Å². The summed E-state index contributed by atoms with van der Waals surface area (Å²) in [6, 6.07) is 10.7. The molecule has 3 aromatic rings. The van der Waals surface area contributed by atoms with Crippen molar-refractivity contribution >= 4 is 44.4 Å². The minimum absolute atomic E-state index is 0.0769. The summed E-state index contributed by atoms with van der Waals surface area (Å²) in [7, 11) is 0. The molecular weight excluding hydrogens is 431 g/mol. The molecule has 31 heavy (non-hydrogen) atoms. The maximum Gasteiger partial charge on any atom is 0.228 e. The molecule has 7 heteroatoms. The average Bonchev–Trinajstić information content (AvgIpc) is 3.40. The first-order valence-corrected chi connectivity index (χ1v) is 12.5. The Morgan fingerprint density at radius 3 is 2.77 bits per heavy atom. The zero-order valence-corrected chi connectivity index (χ0v) is 19.5. The van der Waals surface area contributed by atoms with Gasteiger partial charge in [0.2, 0.25) is 5.91 Å². The quantitative estimate of drug-likeness (QED) is 0.300. The van der Waals surface area contributed by atoms with Gasteiger partial charge in [-0.25, -0.2) is 9.37 Å². The average molecular weight is 459 g/mol. The molecule has 2 heterocycles. The second-order valence-corrected chi connectivity index (χ2v) is 10.1. The molecule has 4 nitrogen and oxygen atoms in total. The molecule has 1 aromatic heterocycles. The molecule has 0 bridgehead atoms. The first-order valence-electron chi connectivity index (χ1n) is 10.7. The van der Waals surface area contributed by atoms with Crippen LogP contribution in [0.25, 0.3) is 10.2 Å². The van der Waals surface area contributed by atoms with Gasteiger partial charge in [-0.15, -0.1) is 11.8 Å². The molecule has 2 aromatic carbocycles. The van der Waals surface area contributed by atoms with Crippen molar-refractivity contribution in [3.05, 3.63) is 53.3 Å². The van der Waals surface area contributed by atoms with Crippen LogP contribution in [0.15, 0.2) is 41.3 Å². The largest absolute Gasteiger partial charge is 0.376 e. The number of carbonyl (C=O) groups excluding carboxylic acids is 1. The molecule has 1 aliphatic heterocycles. The van der Waals surface area contributed by atoms with Gasteiger partial charge in [-0.1, -0.05) is 11.3 Å². The van der Waals surface area contributed by atoms with Crippen LogP contribution in [0.1, 0.15) is 36.8 Å². The number of aryl methyl sites for hydroxylation is 2. The number of amides is 1. The van der Waals surface area contributed by atoms with Crippen LogP contribution in [0.2, 0.25) is 0 Å². The number of nitrogens with zero attached hydrogens (tertiary/aromatic N) is 2. The Bertz CT molecular complexity index is 1010. The highest BCUT2D eigenvalue weighted by atomic mass is 32.2. The van der Waals surface area contributed by atoms with Crippen LogP contribution in [0, 0.1) is 19.7 Å². The number of benzene rings is 2. The predicted octanol–water partition coefficient (Wildman–Crippen LogP) is 6.14. The Morgan fingerprint density at radius 2 is 2.03 bits per heavy atom. The van der Waals surface area contributed by atoms with E-state index in [9.17, 15) is 9.18 Å².